The van der Waals surface area contributed by atoms with Crippen LogP contribution >= 0.6 is 15.9 Å². The van der Waals surface area contributed by atoms with Gasteiger partial charge in [0, 0.05) is 15.6 Å². The molecule has 0 bridgehead atoms. The highest BCUT2D eigenvalue weighted by Crippen LogP contribution is 2.32. The monoisotopic (exact) mass is 411 g/mol. The Labute approximate surface area is 155 Å². The van der Waals surface area contributed by atoms with Gasteiger partial charge in [0.15, 0.2) is 5.65 Å². The largest absolute Gasteiger partial charge is 0.478 e. The van der Waals surface area contributed by atoms with Gasteiger partial charge >= 0.3 is 5.97 Å². The van der Waals surface area contributed by atoms with Crippen LogP contribution in [-0.4, -0.2) is 26.3 Å². The number of benzene rings is 2. The van der Waals surface area contributed by atoms with E-state index < -0.39 is 11.8 Å². The molecule has 26 heavy (non-hydrogen) atoms. The molecule has 0 saturated carbocycles. The number of carbonyl (C=O) groups is 1. The maximum absolute atomic E-state index is 13.5. The summed E-state index contributed by atoms with van der Waals surface area (Å²) < 4.78 is 14.4. The average Bonchev–Trinajstić information content (AvgIpc) is 3.05. The minimum Gasteiger partial charge on any atom is -0.478 e. The summed E-state index contributed by atoms with van der Waals surface area (Å²) in [6.07, 6.45) is 0. The van der Waals surface area contributed by atoms with E-state index in [4.69, 9.17) is 0 Å². The smallest absolute Gasteiger partial charge is 0.336 e. The van der Waals surface area contributed by atoms with Gasteiger partial charge in [-0.05, 0) is 30.3 Å². The molecule has 4 rings (SSSR count). The Morgan fingerprint density at radius 1 is 1.08 bits per heavy atom. The maximum Gasteiger partial charge on any atom is 0.336 e. The van der Waals surface area contributed by atoms with Crippen molar-refractivity contribution in [2.24, 2.45) is 0 Å². The van der Waals surface area contributed by atoms with E-state index in [0.717, 1.165) is 10.0 Å². The molecule has 2 aromatic carbocycles. The first-order chi connectivity index (χ1) is 12.5. The maximum atomic E-state index is 13.5. The molecule has 0 aliphatic carbocycles. The number of nitrogens with zero attached hydrogens (tertiary/aromatic N) is 2. The van der Waals surface area contributed by atoms with Gasteiger partial charge in [0.25, 0.3) is 0 Å². The summed E-state index contributed by atoms with van der Waals surface area (Å²) in [5.41, 5.74) is 2.52. The average molecular weight is 412 g/mol. The van der Waals surface area contributed by atoms with Crippen molar-refractivity contribution in [1.29, 1.82) is 0 Å². The van der Waals surface area contributed by atoms with Crippen LogP contribution in [0.1, 0.15) is 10.4 Å². The van der Waals surface area contributed by atoms with Gasteiger partial charge in [0.1, 0.15) is 5.82 Å². The number of halogens is 2. The Kier molecular flexibility index (Phi) is 4.00. The van der Waals surface area contributed by atoms with Gasteiger partial charge in [-0.1, -0.05) is 40.2 Å². The first-order valence-electron chi connectivity index (χ1n) is 7.67. The number of nitrogens with one attached hydrogen (secondary N) is 1. The number of hydrogen-bond acceptors (Lipinski definition) is 3. The van der Waals surface area contributed by atoms with Crippen LogP contribution in [-0.2, 0) is 0 Å². The molecule has 0 aliphatic heterocycles. The Bertz CT molecular complexity index is 1140. The molecule has 0 aliphatic rings. The van der Waals surface area contributed by atoms with Crippen molar-refractivity contribution in [3.05, 3.63) is 70.5 Å². The summed E-state index contributed by atoms with van der Waals surface area (Å²) in [6, 6.07) is 14.7. The van der Waals surface area contributed by atoms with Gasteiger partial charge in [-0.25, -0.2) is 14.2 Å². The highest BCUT2D eigenvalue weighted by Gasteiger charge is 2.19. The summed E-state index contributed by atoms with van der Waals surface area (Å²) in [5.74, 6) is -1.52. The Balaban J connectivity index is 1.96. The Morgan fingerprint density at radius 2 is 1.85 bits per heavy atom. The number of aromatic amines is 1. The van der Waals surface area contributed by atoms with Gasteiger partial charge in [-0.2, -0.15) is 5.10 Å². The number of hydrogen-bond donors (Lipinski definition) is 2. The fourth-order valence-corrected chi connectivity index (χ4v) is 3.08. The van der Waals surface area contributed by atoms with E-state index in [2.05, 4.69) is 31.1 Å². The second-order valence-corrected chi connectivity index (χ2v) is 6.59. The third-order valence-electron chi connectivity index (χ3n) is 4.01. The second kappa shape index (κ2) is 6.34. The highest BCUT2D eigenvalue weighted by molar-refractivity contribution is 9.10. The molecule has 128 valence electrons. The quantitative estimate of drug-likeness (QED) is 0.502. The topological polar surface area (TPSA) is 78.9 Å². The van der Waals surface area contributed by atoms with Gasteiger partial charge in [0.05, 0.1) is 22.3 Å². The first-order valence-corrected chi connectivity index (χ1v) is 8.46. The van der Waals surface area contributed by atoms with E-state index in [1.165, 1.54) is 18.2 Å². The summed E-state index contributed by atoms with van der Waals surface area (Å²) in [4.78, 5) is 16.3. The number of fused-ring (bicyclic) bond motifs is 1. The minimum atomic E-state index is -1.10. The van der Waals surface area contributed by atoms with Crippen LogP contribution in [0.4, 0.5) is 4.39 Å². The number of H-pyrrole nitrogens is 1. The molecule has 0 unspecified atom stereocenters. The van der Waals surface area contributed by atoms with E-state index >= 15 is 0 Å². The number of carboxylic acid groups (broad SMARTS) is 1. The van der Waals surface area contributed by atoms with Crippen molar-refractivity contribution >= 4 is 32.9 Å². The van der Waals surface area contributed by atoms with Crippen LogP contribution in [0.3, 0.4) is 0 Å². The molecule has 5 nitrogen and oxygen atoms in total. The summed E-state index contributed by atoms with van der Waals surface area (Å²) in [5, 5.41) is 17.1. The number of aromatic carboxylic acids is 1. The predicted molar refractivity (Wildman–Crippen MR) is 99.4 cm³/mol. The normalized spacial score (nSPS) is 11.0. The van der Waals surface area contributed by atoms with Crippen LogP contribution in [0.5, 0.6) is 0 Å². The molecule has 4 aromatic rings. The highest BCUT2D eigenvalue weighted by atomic mass is 79.9. The van der Waals surface area contributed by atoms with Crippen LogP contribution in [0.2, 0.25) is 0 Å². The zero-order chi connectivity index (χ0) is 18.3. The molecular formula is C19H11BrFN3O2. The van der Waals surface area contributed by atoms with E-state index in [1.54, 1.807) is 12.1 Å². The lowest BCUT2D eigenvalue weighted by molar-refractivity contribution is 0.0699. The molecule has 0 radical (unpaired) electrons. The fourth-order valence-electron chi connectivity index (χ4n) is 2.81. The lowest BCUT2D eigenvalue weighted by Gasteiger charge is -2.06. The summed E-state index contributed by atoms with van der Waals surface area (Å²) in [6.45, 7) is 0. The Morgan fingerprint density at radius 3 is 2.54 bits per heavy atom. The lowest BCUT2D eigenvalue weighted by atomic mass is 10.0. The van der Waals surface area contributed by atoms with Gasteiger partial charge in [-0.3, -0.25) is 5.10 Å². The van der Waals surface area contributed by atoms with Crippen molar-refractivity contribution < 1.29 is 14.3 Å². The molecule has 0 fully saturated rings. The first kappa shape index (κ1) is 16.4. The molecule has 7 heteroatoms. The molecule has 0 atom stereocenters. The third-order valence-corrected chi connectivity index (χ3v) is 4.54. The molecule has 2 aromatic heterocycles. The molecule has 0 spiro atoms. The second-order valence-electron chi connectivity index (χ2n) is 5.67. The van der Waals surface area contributed by atoms with Crippen LogP contribution in [0, 0.1) is 5.82 Å². The van der Waals surface area contributed by atoms with Crippen molar-refractivity contribution in [3.8, 4) is 22.5 Å². The number of aromatic nitrogens is 3. The molecule has 2 heterocycles. The molecule has 0 saturated heterocycles. The predicted octanol–water partition coefficient (Wildman–Crippen LogP) is 4.89. The zero-order valence-corrected chi connectivity index (χ0v) is 14.8. The van der Waals surface area contributed by atoms with Crippen LogP contribution in [0.15, 0.2) is 59.1 Å². The number of carboxylic acids is 1. The Hall–Kier alpha value is -3.06. The van der Waals surface area contributed by atoms with Gasteiger partial charge in [0.2, 0.25) is 0 Å². The van der Waals surface area contributed by atoms with Gasteiger partial charge < -0.3 is 5.11 Å². The van der Waals surface area contributed by atoms with Gasteiger partial charge in [-0.15, -0.1) is 0 Å². The fraction of sp³-hybridized carbons (Fsp3) is 0. The SMILES string of the molecule is O=C(O)c1cc(-c2cccc(F)c2)nc2n[nH]c(-c3ccc(Br)cc3)c12. The van der Waals surface area contributed by atoms with Crippen LogP contribution in [0.25, 0.3) is 33.5 Å². The van der Waals surface area contributed by atoms with Crippen molar-refractivity contribution in [2.75, 3.05) is 0 Å². The molecule has 0 amide bonds. The summed E-state index contributed by atoms with van der Waals surface area (Å²) in [7, 11) is 0. The standard InChI is InChI=1S/C19H11BrFN3O2/c20-12-6-4-10(5-7-12)17-16-14(19(25)26)9-15(22-18(16)24-23-17)11-2-1-3-13(21)8-11/h1-9H,(H,25,26)(H,22,23,24). The van der Waals surface area contributed by atoms with Crippen molar-refractivity contribution in [2.45, 2.75) is 0 Å². The third kappa shape index (κ3) is 2.86. The van der Waals surface area contributed by atoms with E-state index in [0.29, 0.717) is 22.3 Å². The lowest BCUT2D eigenvalue weighted by Crippen LogP contribution is -2.00. The van der Waals surface area contributed by atoms with E-state index in [-0.39, 0.29) is 11.2 Å². The minimum absolute atomic E-state index is 0.0564. The number of rotatable bonds is 3. The van der Waals surface area contributed by atoms with Crippen LogP contribution < -0.4 is 0 Å². The molecular weight excluding hydrogens is 401 g/mol. The van der Waals surface area contributed by atoms with Crippen molar-refractivity contribution in [3.63, 3.8) is 0 Å². The summed E-state index contributed by atoms with van der Waals surface area (Å²) >= 11 is 3.37. The van der Waals surface area contributed by atoms with E-state index in [9.17, 15) is 14.3 Å². The number of pyridine rings is 1. The van der Waals surface area contributed by atoms with Crippen molar-refractivity contribution in [1.82, 2.24) is 15.2 Å². The zero-order valence-electron chi connectivity index (χ0n) is 13.2. The molecule has 2 N–H and O–H groups in total. The van der Waals surface area contributed by atoms with E-state index in [1.807, 2.05) is 24.3 Å².